The van der Waals surface area contributed by atoms with Crippen LogP contribution in [0.4, 0.5) is 11.4 Å². The third-order valence-corrected chi connectivity index (χ3v) is 3.92. The second-order valence-corrected chi connectivity index (χ2v) is 6.61. The molecule has 0 heterocycles. The van der Waals surface area contributed by atoms with Gasteiger partial charge < -0.3 is 15.8 Å². The normalized spacial score (nSPS) is 10.9. The summed E-state index contributed by atoms with van der Waals surface area (Å²) in [6, 6.07) is 9.66. The molecule has 0 amide bonds. The Labute approximate surface area is 143 Å². The zero-order chi connectivity index (χ0) is 17.0. The number of aryl methyl sites for hydroxylation is 2. The van der Waals surface area contributed by atoms with Gasteiger partial charge in [0.2, 0.25) is 0 Å². The van der Waals surface area contributed by atoms with Gasteiger partial charge in [0, 0.05) is 17.9 Å². The Bertz CT molecular complexity index is 683. The third kappa shape index (κ3) is 4.55. The Kier molecular flexibility index (Phi) is 5.78. The largest absolute Gasteiger partial charge is 0.456 e. The molecule has 2 aromatic carbocycles. The van der Waals surface area contributed by atoms with E-state index in [1.165, 1.54) is 0 Å². The van der Waals surface area contributed by atoms with Crippen molar-refractivity contribution in [1.82, 2.24) is 0 Å². The predicted octanol–water partition coefficient (Wildman–Crippen LogP) is 5.65. The van der Waals surface area contributed by atoms with Gasteiger partial charge in [0.1, 0.15) is 11.5 Å². The number of nitrogen functional groups attached to an aromatic ring is 1. The fourth-order valence-electron chi connectivity index (χ4n) is 2.38. The van der Waals surface area contributed by atoms with E-state index in [1.54, 1.807) is 6.07 Å². The maximum Gasteiger partial charge on any atom is 0.149 e. The average molecular weight is 333 g/mol. The molecule has 0 aliphatic rings. The van der Waals surface area contributed by atoms with E-state index in [0.717, 1.165) is 35.5 Å². The van der Waals surface area contributed by atoms with Crippen LogP contribution in [0.25, 0.3) is 0 Å². The van der Waals surface area contributed by atoms with Crippen LogP contribution in [0.2, 0.25) is 5.02 Å². The fraction of sp³-hybridized carbons (Fsp3) is 0.368. The summed E-state index contributed by atoms with van der Waals surface area (Å²) in [6.45, 7) is 9.46. The monoisotopic (exact) mass is 332 g/mol. The van der Waals surface area contributed by atoms with Gasteiger partial charge in [-0.1, -0.05) is 32.4 Å². The molecule has 0 fully saturated rings. The van der Waals surface area contributed by atoms with Gasteiger partial charge >= 0.3 is 0 Å². The van der Waals surface area contributed by atoms with E-state index in [4.69, 9.17) is 22.1 Å². The van der Waals surface area contributed by atoms with Crippen LogP contribution in [0.5, 0.6) is 11.5 Å². The lowest BCUT2D eigenvalue weighted by atomic mass is 10.1. The van der Waals surface area contributed by atoms with Crippen molar-refractivity contribution in [2.75, 3.05) is 17.6 Å². The molecule has 2 aromatic rings. The van der Waals surface area contributed by atoms with E-state index in [9.17, 15) is 0 Å². The maximum absolute atomic E-state index is 6.30. The van der Waals surface area contributed by atoms with Crippen molar-refractivity contribution in [3.05, 3.63) is 46.5 Å². The first kappa shape index (κ1) is 17.5. The SMILES string of the molecule is CCc1cc(N)cc(Cl)c1Oc1ccc(NCC(C)C)c(C)c1. The Balaban J connectivity index is 2.23. The van der Waals surface area contributed by atoms with Crippen LogP contribution >= 0.6 is 11.6 Å². The van der Waals surface area contributed by atoms with Crippen molar-refractivity contribution >= 4 is 23.0 Å². The van der Waals surface area contributed by atoms with Gasteiger partial charge in [-0.2, -0.15) is 0 Å². The summed E-state index contributed by atoms with van der Waals surface area (Å²) in [6.07, 6.45) is 0.813. The molecule has 124 valence electrons. The van der Waals surface area contributed by atoms with E-state index >= 15 is 0 Å². The summed E-state index contributed by atoms with van der Waals surface area (Å²) in [5.74, 6) is 2.07. The molecule has 23 heavy (non-hydrogen) atoms. The van der Waals surface area contributed by atoms with Gasteiger partial charge in [-0.3, -0.25) is 0 Å². The van der Waals surface area contributed by atoms with Gasteiger partial charge in [0.25, 0.3) is 0 Å². The van der Waals surface area contributed by atoms with E-state index in [-0.39, 0.29) is 0 Å². The molecular weight excluding hydrogens is 308 g/mol. The number of benzene rings is 2. The lowest BCUT2D eigenvalue weighted by Crippen LogP contribution is -2.08. The summed E-state index contributed by atoms with van der Waals surface area (Å²) in [4.78, 5) is 0. The van der Waals surface area contributed by atoms with Crippen molar-refractivity contribution in [2.24, 2.45) is 5.92 Å². The second-order valence-electron chi connectivity index (χ2n) is 6.20. The smallest absolute Gasteiger partial charge is 0.149 e. The first-order valence-electron chi connectivity index (χ1n) is 8.01. The summed E-state index contributed by atoms with van der Waals surface area (Å²) in [5.41, 5.74) is 9.79. The van der Waals surface area contributed by atoms with Crippen LogP contribution < -0.4 is 15.8 Å². The topological polar surface area (TPSA) is 47.3 Å². The van der Waals surface area contributed by atoms with Crippen LogP contribution in [-0.4, -0.2) is 6.54 Å². The van der Waals surface area contributed by atoms with Crippen molar-refractivity contribution < 1.29 is 4.74 Å². The molecular formula is C19H25ClN2O. The molecule has 0 radical (unpaired) electrons. The van der Waals surface area contributed by atoms with Crippen LogP contribution in [0, 0.1) is 12.8 Å². The molecule has 0 unspecified atom stereocenters. The number of rotatable bonds is 6. The Morgan fingerprint density at radius 1 is 1.22 bits per heavy atom. The minimum atomic E-state index is 0.543. The lowest BCUT2D eigenvalue weighted by molar-refractivity contribution is 0.477. The Morgan fingerprint density at radius 3 is 2.57 bits per heavy atom. The molecule has 0 spiro atoms. The van der Waals surface area contributed by atoms with Gasteiger partial charge in [-0.05, 0) is 60.7 Å². The number of ether oxygens (including phenoxy) is 1. The van der Waals surface area contributed by atoms with Gasteiger partial charge in [-0.25, -0.2) is 0 Å². The zero-order valence-electron chi connectivity index (χ0n) is 14.2. The van der Waals surface area contributed by atoms with Crippen molar-refractivity contribution in [2.45, 2.75) is 34.1 Å². The highest BCUT2D eigenvalue weighted by atomic mass is 35.5. The zero-order valence-corrected chi connectivity index (χ0v) is 15.0. The number of nitrogens with one attached hydrogen (secondary N) is 1. The Hall–Kier alpha value is -1.87. The molecule has 3 nitrogen and oxygen atoms in total. The van der Waals surface area contributed by atoms with E-state index in [1.807, 2.05) is 24.3 Å². The second kappa shape index (κ2) is 7.60. The molecule has 0 atom stereocenters. The van der Waals surface area contributed by atoms with Gasteiger partial charge in [0.15, 0.2) is 0 Å². The highest BCUT2D eigenvalue weighted by molar-refractivity contribution is 6.32. The predicted molar refractivity (Wildman–Crippen MR) is 99.8 cm³/mol. The molecule has 0 aliphatic carbocycles. The van der Waals surface area contributed by atoms with Crippen molar-refractivity contribution in [3.63, 3.8) is 0 Å². The number of anilines is 2. The molecule has 4 heteroatoms. The van der Waals surface area contributed by atoms with E-state index in [0.29, 0.717) is 22.4 Å². The van der Waals surface area contributed by atoms with Crippen LogP contribution in [-0.2, 0) is 6.42 Å². The molecule has 0 saturated carbocycles. The van der Waals surface area contributed by atoms with Crippen LogP contribution in [0.1, 0.15) is 31.9 Å². The van der Waals surface area contributed by atoms with Gasteiger partial charge in [-0.15, -0.1) is 0 Å². The van der Waals surface area contributed by atoms with Crippen molar-refractivity contribution in [3.8, 4) is 11.5 Å². The number of nitrogens with two attached hydrogens (primary N) is 1. The molecule has 3 N–H and O–H groups in total. The lowest BCUT2D eigenvalue weighted by Gasteiger charge is -2.16. The minimum Gasteiger partial charge on any atom is -0.456 e. The quantitative estimate of drug-likeness (QED) is 0.671. The summed E-state index contributed by atoms with van der Waals surface area (Å²) >= 11 is 6.30. The third-order valence-electron chi connectivity index (χ3n) is 3.64. The number of hydrogen-bond acceptors (Lipinski definition) is 3. The van der Waals surface area contributed by atoms with E-state index in [2.05, 4.69) is 33.0 Å². The molecule has 0 aliphatic heterocycles. The molecule has 0 bridgehead atoms. The maximum atomic E-state index is 6.30. The van der Waals surface area contributed by atoms with Crippen LogP contribution in [0.15, 0.2) is 30.3 Å². The number of halogens is 1. The molecule has 0 saturated heterocycles. The fourth-order valence-corrected chi connectivity index (χ4v) is 2.67. The minimum absolute atomic E-state index is 0.543. The van der Waals surface area contributed by atoms with Crippen LogP contribution in [0.3, 0.4) is 0 Å². The number of hydrogen-bond donors (Lipinski definition) is 2. The Morgan fingerprint density at radius 2 is 1.96 bits per heavy atom. The molecule has 0 aromatic heterocycles. The van der Waals surface area contributed by atoms with Gasteiger partial charge in [0.05, 0.1) is 5.02 Å². The van der Waals surface area contributed by atoms with Crippen molar-refractivity contribution in [1.29, 1.82) is 0 Å². The standard InChI is InChI=1S/C19H25ClN2O/c1-5-14-9-15(21)10-17(20)19(14)23-16-6-7-18(13(4)8-16)22-11-12(2)3/h6-10,12,22H,5,11,21H2,1-4H3. The highest BCUT2D eigenvalue weighted by Crippen LogP contribution is 2.36. The highest BCUT2D eigenvalue weighted by Gasteiger charge is 2.11. The first-order chi connectivity index (χ1) is 10.9. The van der Waals surface area contributed by atoms with E-state index < -0.39 is 0 Å². The summed E-state index contributed by atoms with van der Waals surface area (Å²) < 4.78 is 6.03. The summed E-state index contributed by atoms with van der Waals surface area (Å²) in [5, 5.41) is 3.99. The first-order valence-corrected chi connectivity index (χ1v) is 8.38. The average Bonchev–Trinajstić information content (AvgIpc) is 2.48. The summed E-state index contributed by atoms with van der Waals surface area (Å²) in [7, 11) is 0. The molecule has 2 rings (SSSR count).